The first-order chi connectivity index (χ1) is 9.75. The molecule has 0 aliphatic carbocycles. The summed E-state index contributed by atoms with van der Waals surface area (Å²) in [5, 5.41) is 0. The average Bonchev–Trinajstić information content (AvgIpc) is 2.48. The first kappa shape index (κ1) is 14.5. The van der Waals surface area contributed by atoms with Crippen molar-refractivity contribution in [3.05, 3.63) is 58.6 Å². The van der Waals surface area contributed by atoms with Gasteiger partial charge in [-0.2, -0.15) is 8.42 Å². The highest BCUT2D eigenvalue weighted by molar-refractivity contribution is 7.63. The van der Waals surface area contributed by atoms with E-state index in [1.165, 1.54) is 11.8 Å². The molecule has 1 N–H and O–H groups in total. The zero-order valence-electron chi connectivity index (χ0n) is 11.2. The van der Waals surface area contributed by atoms with Gasteiger partial charge in [-0.3, -0.25) is 0 Å². The van der Waals surface area contributed by atoms with E-state index in [-0.39, 0.29) is 4.77 Å². The second-order valence-electron chi connectivity index (χ2n) is 4.68. The number of hydrogen-bond donors (Lipinski definition) is 1. The van der Waals surface area contributed by atoms with Crippen LogP contribution < -0.4 is 0 Å². The zero-order chi connectivity index (χ0) is 14.2. The van der Waals surface area contributed by atoms with Gasteiger partial charge in [0.05, 0.1) is 0 Å². The summed E-state index contributed by atoms with van der Waals surface area (Å²) < 4.78 is 21.6. The number of benzene rings is 1. The van der Waals surface area contributed by atoms with Crippen LogP contribution in [0.25, 0.3) is 0 Å². The van der Waals surface area contributed by atoms with Crippen LogP contribution in [0.5, 0.6) is 0 Å². The summed E-state index contributed by atoms with van der Waals surface area (Å²) >= 11 is 0. The molecule has 0 radical (unpaired) electrons. The Morgan fingerprint density at radius 1 is 0.950 bits per heavy atom. The van der Waals surface area contributed by atoms with Crippen molar-refractivity contribution >= 4 is 10.3 Å². The van der Waals surface area contributed by atoms with Gasteiger partial charge in [0.15, 0.2) is 0 Å². The number of hydrogen-bond acceptors (Lipinski definition) is 3. The third-order valence-corrected chi connectivity index (χ3v) is 3.67. The number of H-pyrrole nitrogens is 1. The summed E-state index contributed by atoms with van der Waals surface area (Å²) in [6.45, 7) is 0. The molecule has 0 amide bonds. The number of aromatic amines is 1. The topological polar surface area (TPSA) is 62.8 Å². The van der Waals surface area contributed by atoms with Crippen molar-refractivity contribution in [1.29, 1.82) is 0 Å². The molecule has 1 aromatic carbocycles. The first-order valence-corrected chi connectivity index (χ1v) is 7.83. The predicted octanol–water partition coefficient (Wildman–Crippen LogP) is 2.78. The Labute approximate surface area is 120 Å². The van der Waals surface area contributed by atoms with E-state index in [1.54, 1.807) is 0 Å². The van der Waals surface area contributed by atoms with E-state index in [4.69, 9.17) is 0 Å². The molecule has 0 bridgehead atoms. The van der Waals surface area contributed by atoms with Crippen molar-refractivity contribution in [2.24, 2.45) is 0 Å². The number of nitrogens with zero attached hydrogens (tertiary/aromatic N) is 1. The van der Waals surface area contributed by atoms with Crippen molar-refractivity contribution < 1.29 is 8.42 Å². The standard InChI is InChI=1S/C15H18N2O2S/c18-20(19)15-16-12-11-14(17-15)10-6-2-5-9-13-7-3-1-4-8-13/h1,3-4,7-8,11-12,17H,2,5-6,9-10H2. The van der Waals surface area contributed by atoms with E-state index in [0.717, 1.165) is 37.8 Å². The van der Waals surface area contributed by atoms with Crippen molar-refractivity contribution in [2.45, 2.75) is 32.1 Å². The molecule has 5 heteroatoms. The van der Waals surface area contributed by atoms with Crippen LogP contribution in [0.15, 0.2) is 42.6 Å². The summed E-state index contributed by atoms with van der Waals surface area (Å²) in [4.78, 5) is 6.58. The lowest BCUT2D eigenvalue weighted by molar-refractivity contribution is 0.622. The fourth-order valence-corrected chi connectivity index (χ4v) is 2.46. The highest BCUT2D eigenvalue weighted by Crippen LogP contribution is 2.08. The molecule has 2 aromatic rings. The van der Waals surface area contributed by atoms with Crippen LogP contribution in [0.4, 0.5) is 0 Å². The van der Waals surface area contributed by atoms with Crippen LogP contribution in [0.3, 0.4) is 0 Å². The van der Waals surface area contributed by atoms with Gasteiger partial charge in [0.25, 0.3) is 15.1 Å². The maximum Gasteiger partial charge on any atom is 0.258 e. The van der Waals surface area contributed by atoms with Crippen molar-refractivity contribution in [3.8, 4) is 0 Å². The predicted molar refractivity (Wildman–Crippen MR) is 78.5 cm³/mol. The van der Waals surface area contributed by atoms with Crippen LogP contribution in [0, 0.1) is 4.77 Å². The quantitative estimate of drug-likeness (QED) is 0.657. The Balaban J connectivity index is 1.77. The molecule has 4 nitrogen and oxygen atoms in total. The Kier molecular flexibility index (Phi) is 5.55. The average molecular weight is 290 g/mol. The summed E-state index contributed by atoms with van der Waals surface area (Å²) in [5.74, 6) is 0. The highest BCUT2D eigenvalue weighted by Gasteiger charge is 1.96. The molecule has 0 atom stereocenters. The van der Waals surface area contributed by atoms with E-state index in [0.29, 0.717) is 0 Å². The summed E-state index contributed by atoms with van der Waals surface area (Å²) in [5.41, 5.74) is 2.28. The minimum absolute atomic E-state index is 0.00628. The molecule has 0 unspecified atom stereocenters. The van der Waals surface area contributed by atoms with Gasteiger partial charge in [-0.25, -0.2) is 4.98 Å². The Morgan fingerprint density at radius 3 is 2.45 bits per heavy atom. The van der Waals surface area contributed by atoms with Gasteiger partial charge in [0.2, 0.25) is 0 Å². The molecule has 0 fully saturated rings. The van der Waals surface area contributed by atoms with Crippen LogP contribution >= 0.6 is 0 Å². The molecular formula is C15H18N2O2S. The van der Waals surface area contributed by atoms with Gasteiger partial charge in [-0.15, -0.1) is 0 Å². The Bertz CT molecular complexity index is 698. The number of rotatable bonds is 6. The first-order valence-electron chi connectivity index (χ1n) is 6.76. The molecule has 1 aromatic heterocycles. The van der Waals surface area contributed by atoms with E-state index >= 15 is 0 Å². The normalized spacial score (nSPS) is 10.4. The summed E-state index contributed by atoms with van der Waals surface area (Å²) in [6.07, 6.45) is 6.79. The van der Waals surface area contributed by atoms with E-state index in [9.17, 15) is 8.42 Å². The van der Waals surface area contributed by atoms with Crippen LogP contribution in [-0.2, 0) is 23.1 Å². The lowest BCUT2D eigenvalue weighted by Gasteiger charge is -2.02. The number of aryl methyl sites for hydroxylation is 2. The van der Waals surface area contributed by atoms with E-state index < -0.39 is 10.3 Å². The smallest absolute Gasteiger partial charge is 0.258 e. The summed E-state index contributed by atoms with van der Waals surface area (Å²) in [6, 6.07) is 12.3. The van der Waals surface area contributed by atoms with E-state index in [1.807, 2.05) is 12.1 Å². The minimum Gasteiger partial charge on any atom is -0.331 e. The molecule has 0 aliphatic heterocycles. The van der Waals surface area contributed by atoms with Gasteiger partial charge < -0.3 is 4.98 Å². The minimum atomic E-state index is -2.29. The Morgan fingerprint density at radius 2 is 1.70 bits per heavy atom. The van der Waals surface area contributed by atoms with Crippen LogP contribution in [0.1, 0.15) is 30.5 Å². The number of unbranched alkanes of at least 4 members (excludes halogenated alkanes) is 2. The second-order valence-corrected chi connectivity index (χ2v) is 5.54. The largest absolute Gasteiger partial charge is 0.331 e. The van der Waals surface area contributed by atoms with Gasteiger partial charge in [0, 0.05) is 11.9 Å². The van der Waals surface area contributed by atoms with Gasteiger partial charge >= 0.3 is 0 Å². The van der Waals surface area contributed by atoms with Crippen LogP contribution in [-0.4, -0.2) is 18.4 Å². The molecule has 0 aliphatic rings. The van der Waals surface area contributed by atoms with Crippen molar-refractivity contribution in [2.75, 3.05) is 0 Å². The highest BCUT2D eigenvalue weighted by atomic mass is 32.2. The molecule has 20 heavy (non-hydrogen) atoms. The Hall–Kier alpha value is -1.88. The lowest BCUT2D eigenvalue weighted by atomic mass is 10.1. The third-order valence-electron chi connectivity index (χ3n) is 3.15. The maximum atomic E-state index is 10.8. The number of aromatic nitrogens is 2. The molecular weight excluding hydrogens is 272 g/mol. The number of nitrogens with one attached hydrogen (secondary N) is 1. The third kappa shape index (κ3) is 4.66. The SMILES string of the molecule is O=S(=O)=c1nccc(CCCCCc2ccccc2)[nH]1. The maximum absolute atomic E-state index is 10.8. The van der Waals surface area contributed by atoms with Crippen molar-refractivity contribution in [1.82, 2.24) is 9.97 Å². The lowest BCUT2D eigenvalue weighted by Crippen LogP contribution is -1.94. The molecule has 0 spiro atoms. The molecule has 0 saturated heterocycles. The van der Waals surface area contributed by atoms with Crippen molar-refractivity contribution in [3.63, 3.8) is 0 Å². The van der Waals surface area contributed by atoms with E-state index in [2.05, 4.69) is 34.2 Å². The molecule has 1 heterocycles. The zero-order valence-corrected chi connectivity index (χ0v) is 12.1. The summed E-state index contributed by atoms with van der Waals surface area (Å²) in [7, 11) is -2.29. The second kappa shape index (κ2) is 7.65. The fraction of sp³-hybridized carbons (Fsp3) is 0.333. The monoisotopic (exact) mass is 290 g/mol. The van der Waals surface area contributed by atoms with Crippen LogP contribution in [0.2, 0.25) is 0 Å². The molecule has 2 rings (SSSR count). The fourth-order valence-electron chi connectivity index (χ4n) is 2.10. The molecule has 0 saturated carbocycles. The van der Waals surface area contributed by atoms with Gasteiger partial charge in [0.1, 0.15) is 0 Å². The molecule has 106 valence electrons. The van der Waals surface area contributed by atoms with Gasteiger partial charge in [-0.1, -0.05) is 36.8 Å². The van der Waals surface area contributed by atoms with Gasteiger partial charge in [-0.05, 0) is 37.3 Å².